The minimum absolute atomic E-state index is 0.780. The molecule has 0 bridgehead atoms. The largest absolute Gasteiger partial charge is 0.368 e. The molecule has 134 valence electrons. The molecule has 0 N–H and O–H groups in total. The van der Waals surface area contributed by atoms with Crippen molar-refractivity contribution in [1.82, 2.24) is 24.9 Å². The maximum Gasteiger partial charge on any atom is 0.140 e. The molecule has 27 heavy (non-hydrogen) atoms. The third-order valence-electron chi connectivity index (χ3n) is 5.02. The highest BCUT2D eigenvalue weighted by Crippen LogP contribution is 2.26. The number of rotatable bonds is 2. The molecule has 1 aromatic carbocycles. The van der Waals surface area contributed by atoms with Crippen molar-refractivity contribution in [3.05, 3.63) is 55.0 Å². The lowest BCUT2D eigenvalue weighted by Crippen LogP contribution is -2.47. The van der Waals surface area contributed by atoms with E-state index >= 15 is 0 Å². The monoisotopic (exact) mass is 357 g/mol. The number of aromatic nitrogens is 5. The second-order valence-electron chi connectivity index (χ2n) is 6.73. The molecule has 0 radical (unpaired) electrons. The Morgan fingerprint density at radius 3 is 2.59 bits per heavy atom. The van der Waals surface area contributed by atoms with E-state index < -0.39 is 0 Å². The van der Waals surface area contributed by atoms with Gasteiger partial charge in [-0.15, -0.1) is 0 Å². The highest BCUT2D eigenvalue weighted by molar-refractivity contribution is 5.89. The molecule has 0 saturated carbocycles. The summed E-state index contributed by atoms with van der Waals surface area (Å²) in [6.07, 6.45) is 7.06. The Hall–Kier alpha value is -3.35. The van der Waals surface area contributed by atoms with Crippen LogP contribution >= 0.6 is 0 Å². The molecule has 7 nitrogen and oxygen atoms in total. The van der Waals surface area contributed by atoms with Crippen LogP contribution in [0.2, 0.25) is 0 Å². The van der Waals surface area contributed by atoms with E-state index in [4.69, 9.17) is 4.98 Å². The number of nitrogens with zero attached hydrogens (tertiary/aromatic N) is 7. The van der Waals surface area contributed by atoms with Crippen LogP contribution in [0.5, 0.6) is 0 Å². The lowest BCUT2D eigenvalue weighted by atomic mass is 10.2. The van der Waals surface area contributed by atoms with Crippen LogP contribution < -0.4 is 9.80 Å². The Morgan fingerprint density at radius 1 is 0.852 bits per heavy atom. The van der Waals surface area contributed by atoms with Gasteiger partial charge in [0.15, 0.2) is 0 Å². The predicted molar refractivity (Wildman–Crippen MR) is 106 cm³/mol. The van der Waals surface area contributed by atoms with Crippen molar-refractivity contribution in [3.63, 3.8) is 0 Å². The Kier molecular flexibility index (Phi) is 3.78. The average Bonchev–Trinajstić information content (AvgIpc) is 2.73. The van der Waals surface area contributed by atoms with Gasteiger partial charge < -0.3 is 9.80 Å². The summed E-state index contributed by atoms with van der Waals surface area (Å²) in [5, 5.41) is 2.13. The molecule has 0 unspecified atom stereocenters. The topological polar surface area (TPSA) is 70.9 Å². The third-order valence-corrected chi connectivity index (χ3v) is 5.02. The van der Waals surface area contributed by atoms with Gasteiger partial charge >= 0.3 is 0 Å². The molecule has 7 heteroatoms. The molecule has 3 aromatic heterocycles. The lowest BCUT2D eigenvalue weighted by Gasteiger charge is -2.37. The second-order valence-corrected chi connectivity index (χ2v) is 6.73. The van der Waals surface area contributed by atoms with Crippen molar-refractivity contribution in [2.75, 3.05) is 36.0 Å². The van der Waals surface area contributed by atoms with E-state index in [2.05, 4.69) is 47.9 Å². The van der Waals surface area contributed by atoms with Crippen molar-refractivity contribution in [2.24, 2.45) is 0 Å². The first-order valence-corrected chi connectivity index (χ1v) is 9.06. The summed E-state index contributed by atoms with van der Waals surface area (Å²) < 4.78 is 0. The van der Waals surface area contributed by atoms with Crippen LogP contribution in [0.4, 0.5) is 11.5 Å². The molecule has 0 atom stereocenters. The molecule has 1 aliphatic rings. The lowest BCUT2D eigenvalue weighted by molar-refractivity contribution is 0.648. The van der Waals surface area contributed by atoms with Gasteiger partial charge in [-0.3, -0.25) is 4.98 Å². The quantitative estimate of drug-likeness (QED) is 0.546. The Morgan fingerprint density at radius 2 is 1.70 bits per heavy atom. The first-order valence-electron chi connectivity index (χ1n) is 9.06. The molecule has 0 aliphatic carbocycles. The number of hydrogen-bond acceptors (Lipinski definition) is 7. The second kappa shape index (κ2) is 6.42. The van der Waals surface area contributed by atoms with Crippen molar-refractivity contribution in [1.29, 1.82) is 0 Å². The molecule has 4 aromatic rings. The van der Waals surface area contributed by atoms with E-state index in [1.165, 1.54) is 5.69 Å². The summed E-state index contributed by atoms with van der Waals surface area (Å²) in [5.41, 5.74) is 3.09. The van der Waals surface area contributed by atoms with Crippen LogP contribution in [-0.2, 0) is 0 Å². The fourth-order valence-electron chi connectivity index (χ4n) is 3.66. The Balaban J connectivity index is 1.40. The summed E-state index contributed by atoms with van der Waals surface area (Å²) in [6, 6.07) is 8.37. The number of hydrogen-bond donors (Lipinski definition) is 0. The Bertz CT molecular complexity index is 1120. The number of benzene rings is 1. The fraction of sp³-hybridized carbons (Fsp3) is 0.250. The minimum Gasteiger partial charge on any atom is -0.368 e. The van der Waals surface area contributed by atoms with E-state index in [0.29, 0.717) is 0 Å². The van der Waals surface area contributed by atoms with Crippen molar-refractivity contribution in [2.45, 2.75) is 6.92 Å². The van der Waals surface area contributed by atoms with Crippen LogP contribution in [0.15, 0.2) is 49.2 Å². The van der Waals surface area contributed by atoms with Gasteiger partial charge in [-0.25, -0.2) is 19.9 Å². The van der Waals surface area contributed by atoms with E-state index in [1.54, 1.807) is 18.7 Å². The number of aryl methyl sites for hydroxylation is 1. The van der Waals surface area contributed by atoms with Gasteiger partial charge in [-0.1, -0.05) is 0 Å². The van der Waals surface area contributed by atoms with Gasteiger partial charge in [0, 0.05) is 55.0 Å². The molecular weight excluding hydrogens is 338 g/mol. The normalized spacial score (nSPS) is 14.9. The SMILES string of the molecule is Cc1nc(N2CCN(c3ccc4ncncc4c3)CC2)c2ccncc2n1. The van der Waals surface area contributed by atoms with Crippen LogP contribution in [0, 0.1) is 6.92 Å². The molecule has 0 amide bonds. The summed E-state index contributed by atoms with van der Waals surface area (Å²) >= 11 is 0. The van der Waals surface area contributed by atoms with Crippen LogP contribution in [-0.4, -0.2) is 51.1 Å². The van der Waals surface area contributed by atoms with Gasteiger partial charge in [0.25, 0.3) is 0 Å². The number of fused-ring (bicyclic) bond motifs is 2. The molecular formula is C20H19N7. The van der Waals surface area contributed by atoms with E-state index in [0.717, 1.165) is 59.6 Å². The molecule has 1 saturated heterocycles. The molecule has 1 fully saturated rings. The van der Waals surface area contributed by atoms with Gasteiger partial charge in [0.05, 0.1) is 17.2 Å². The standard InChI is InChI=1S/C20H19N7/c1-14-24-19-12-21-5-4-17(19)20(25-14)27-8-6-26(7-9-27)16-2-3-18-15(10-16)11-22-13-23-18/h2-5,10-13H,6-9H2,1H3. The van der Waals surface area contributed by atoms with Crippen molar-refractivity contribution < 1.29 is 0 Å². The predicted octanol–water partition coefficient (Wildman–Crippen LogP) is 2.60. The van der Waals surface area contributed by atoms with E-state index in [1.807, 2.05) is 19.2 Å². The highest BCUT2D eigenvalue weighted by atomic mass is 15.3. The maximum absolute atomic E-state index is 4.72. The van der Waals surface area contributed by atoms with Crippen LogP contribution in [0.25, 0.3) is 21.8 Å². The van der Waals surface area contributed by atoms with Gasteiger partial charge in [-0.2, -0.15) is 0 Å². The smallest absolute Gasteiger partial charge is 0.140 e. The summed E-state index contributed by atoms with van der Waals surface area (Å²) in [4.78, 5) is 26.6. The zero-order valence-corrected chi connectivity index (χ0v) is 15.1. The average molecular weight is 357 g/mol. The van der Waals surface area contributed by atoms with Gasteiger partial charge in [-0.05, 0) is 31.2 Å². The molecule has 5 rings (SSSR count). The summed E-state index contributed by atoms with van der Waals surface area (Å²) in [6.45, 7) is 5.64. The zero-order chi connectivity index (χ0) is 18.2. The summed E-state index contributed by atoms with van der Waals surface area (Å²) in [7, 11) is 0. The first kappa shape index (κ1) is 15.9. The fourth-order valence-corrected chi connectivity index (χ4v) is 3.66. The van der Waals surface area contributed by atoms with Crippen LogP contribution in [0.3, 0.4) is 0 Å². The maximum atomic E-state index is 4.72. The molecule has 0 spiro atoms. The molecule has 4 heterocycles. The van der Waals surface area contributed by atoms with Gasteiger partial charge in [0.2, 0.25) is 0 Å². The summed E-state index contributed by atoms with van der Waals surface area (Å²) in [5.74, 6) is 1.79. The number of anilines is 2. The van der Waals surface area contributed by atoms with Gasteiger partial charge in [0.1, 0.15) is 18.0 Å². The molecule has 1 aliphatic heterocycles. The van der Waals surface area contributed by atoms with Crippen molar-refractivity contribution in [3.8, 4) is 0 Å². The highest BCUT2D eigenvalue weighted by Gasteiger charge is 2.21. The van der Waals surface area contributed by atoms with Crippen LogP contribution in [0.1, 0.15) is 5.82 Å². The van der Waals surface area contributed by atoms with E-state index in [-0.39, 0.29) is 0 Å². The first-order chi connectivity index (χ1) is 13.3. The minimum atomic E-state index is 0.780. The third kappa shape index (κ3) is 2.91. The Labute approximate surface area is 156 Å². The van der Waals surface area contributed by atoms with E-state index in [9.17, 15) is 0 Å². The number of piperazine rings is 1. The van der Waals surface area contributed by atoms with Crippen molar-refractivity contribution >= 4 is 33.3 Å². The number of pyridine rings is 1. The zero-order valence-electron chi connectivity index (χ0n) is 15.1.